The number of fused-ring (bicyclic) bond motifs is 1. The number of rotatable bonds is 7. The normalized spacial score (nSPS) is 19.9. The quantitative estimate of drug-likeness (QED) is 0.364. The number of nitriles is 1. The van der Waals surface area contributed by atoms with Gasteiger partial charge in [-0.25, -0.2) is 9.40 Å². The fourth-order valence-corrected chi connectivity index (χ4v) is 4.85. The zero-order valence-electron chi connectivity index (χ0n) is 20.5. The Bertz CT molecular complexity index is 1410. The Kier molecular flexibility index (Phi) is 5.70. The van der Waals surface area contributed by atoms with E-state index in [-0.39, 0.29) is 5.82 Å². The summed E-state index contributed by atoms with van der Waals surface area (Å²) in [6, 6.07) is 10.6. The first-order chi connectivity index (χ1) is 17.9. The molecule has 0 spiro atoms. The zero-order valence-corrected chi connectivity index (χ0v) is 20.2. The number of hydrogen-bond acceptors (Lipinski definition) is 8. The van der Waals surface area contributed by atoms with Crippen molar-refractivity contribution >= 4 is 33.9 Å². The molecule has 10 heteroatoms. The van der Waals surface area contributed by atoms with Crippen molar-refractivity contribution in [2.45, 2.75) is 37.7 Å². The number of benzene rings is 2. The second-order valence-corrected chi connectivity index (χ2v) is 9.65. The minimum atomic E-state index is -1.50. The third-order valence-electron chi connectivity index (χ3n) is 6.62. The largest absolute Gasteiger partial charge is 0.373 e. The van der Waals surface area contributed by atoms with Gasteiger partial charge in [0.1, 0.15) is 11.9 Å². The SMILES string of the molecule is [2H][C@](Nc1cc(Cl)c2ncc(C#N)c(NN3CCCC3)c2c1)(C1=CN(C2CC2)NN1)c1ccc(F)cc1. The van der Waals surface area contributed by atoms with E-state index >= 15 is 0 Å². The molecule has 8 nitrogen and oxygen atoms in total. The molecular weight excluding hydrogens is 479 g/mol. The smallest absolute Gasteiger partial charge is 0.123 e. The van der Waals surface area contributed by atoms with Gasteiger partial charge in [-0.2, -0.15) is 5.26 Å². The van der Waals surface area contributed by atoms with Gasteiger partial charge in [-0.3, -0.25) is 9.99 Å². The fraction of sp³-hybridized carbons (Fsp3) is 0.308. The first kappa shape index (κ1) is 21.7. The molecule has 1 atom stereocenters. The number of pyridine rings is 1. The van der Waals surface area contributed by atoms with Gasteiger partial charge in [0, 0.05) is 42.6 Å². The van der Waals surface area contributed by atoms with Crippen molar-refractivity contribution in [2.75, 3.05) is 23.8 Å². The Balaban J connectivity index is 1.43. The van der Waals surface area contributed by atoms with E-state index in [1.807, 2.05) is 17.3 Å². The Hall–Kier alpha value is -3.58. The lowest BCUT2D eigenvalue weighted by Gasteiger charge is -2.23. The zero-order chi connectivity index (χ0) is 25.6. The monoisotopic (exact) mass is 505 g/mol. The van der Waals surface area contributed by atoms with Gasteiger partial charge in [-0.05, 0) is 55.5 Å². The molecule has 3 aromatic rings. The van der Waals surface area contributed by atoms with Crippen LogP contribution in [0.25, 0.3) is 10.9 Å². The van der Waals surface area contributed by atoms with Crippen molar-refractivity contribution in [1.29, 1.82) is 5.26 Å². The number of halogens is 2. The number of hydrazine groups is 3. The maximum Gasteiger partial charge on any atom is 0.123 e. The molecule has 1 aromatic heterocycles. The first-order valence-corrected chi connectivity index (χ1v) is 12.4. The number of anilines is 2. The summed E-state index contributed by atoms with van der Waals surface area (Å²) in [4.78, 5) is 4.44. The van der Waals surface area contributed by atoms with E-state index in [9.17, 15) is 11.0 Å². The number of hydrogen-bond donors (Lipinski definition) is 4. The molecule has 1 aliphatic carbocycles. The average Bonchev–Trinajstić information content (AvgIpc) is 3.38. The summed E-state index contributed by atoms with van der Waals surface area (Å²) >= 11 is 6.69. The van der Waals surface area contributed by atoms with E-state index in [0.717, 1.165) is 38.8 Å². The van der Waals surface area contributed by atoms with Gasteiger partial charge < -0.3 is 16.2 Å². The van der Waals surface area contributed by atoms with Crippen LogP contribution in [0.15, 0.2) is 54.5 Å². The van der Waals surface area contributed by atoms with Crippen molar-refractivity contribution in [3.05, 3.63) is 76.5 Å². The van der Waals surface area contributed by atoms with Crippen LogP contribution in [-0.2, 0) is 0 Å². The third kappa shape index (κ3) is 4.51. The van der Waals surface area contributed by atoms with E-state index < -0.39 is 6.02 Å². The molecule has 6 rings (SSSR count). The third-order valence-corrected chi connectivity index (χ3v) is 6.91. The summed E-state index contributed by atoms with van der Waals surface area (Å²) in [7, 11) is 0. The molecule has 184 valence electrons. The van der Waals surface area contributed by atoms with E-state index in [1.54, 1.807) is 18.2 Å². The summed E-state index contributed by atoms with van der Waals surface area (Å²) in [6.45, 7) is 1.76. The van der Waals surface area contributed by atoms with Crippen LogP contribution in [0.4, 0.5) is 15.8 Å². The second kappa shape index (κ2) is 9.47. The molecule has 0 unspecified atom stereocenters. The maximum absolute atomic E-state index is 13.8. The highest BCUT2D eigenvalue weighted by atomic mass is 35.5. The number of nitrogens with one attached hydrogen (secondary N) is 4. The molecule has 0 amide bonds. The molecular formula is C26H26ClFN8. The molecule has 0 radical (unpaired) electrons. The van der Waals surface area contributed by atoms with Crippen LogP contribution in [0, 0.1) is 17.1 Å². The van der Waals surface area contributed by atoms with Crippen LogP contribution in [0.2, 0.25) is 5.02 Å². The van der Waals surface area contributed by atoms with Crippen molar-refractivity contribution in [2.24, 2.45) is 0 Å². The molecule has 4 N–H and O–H groups in total. The summed E-state index contributed by atoms with van der Waals surface area (Å²) in [5, 5.41) is 18.2. The molecule has 3 heterocycles. The fourth-order valence-electron chi connectivity index (χ4n) is 4.58. The molecule has 2 fully saturated rings. The minimum Gasteiger partial charge on any atom is -0.373 e. The first-order valence-electron chi connectivity index (χ1n) is 12.5. The summed E-state index contributed by atoms with van der Waals surface area (Å²) in [6.07, 6.45) is 7.72. The van der Waals surface area contributed by atoms with Gasteiger partial charge in [-0.15, -0.1) is 5.53 Å². The molecule has 2 aromatic carbocycles. The van der Waals surface area contributed by atoms with Gasteiger partial charge in [-0.1, -0.05) is 23.7 Å². The number of aromatic nitrogens is 1. The molecule has 3 aliphatic rings. The highest BCUT2D eigenvalue weighted by Gasteiger charge is 2.32. The molecule has 1 saturated carbocycles. The predicted octanol–water partition coefficient (Wildman–Crippen LogP) is 4.80. The second-order valence-electron chi connectivity index (χ2n) is 9.24. The van der Waals surface area contributed by atoms with E-state index in [2.05, 4.69) is 37.8 Å². The van der Waals surface area contributed by atoms with Gasteiger partial charge in [0.05, 0.1) is 34.9 Å². The lowest BCUT2D eigenvalue weighted by Crippen LogP contribution is -2.38. The average molecular weight is 506 g/mol. The lowest BCUT2D eigenvalue weighted by atomic mass is 10.0. The van der Waals surface area contributed by atoms with E-state index in [4.69, 9.17) is 11.6 Å². The summed E-state index contributed by atoms with van der Waals surface area (Å²) in [5.41, 5.74) is 12.9. The van der Waals surface area contributed by atoms with Gasteiger partial charge in [0.2, 0.25) is 0 Å². The topological polar surface area (TPSA) is 91.3 Å². The van der Waals surface area contributed by atoms with Gasteiger partial charge in [0.25, 0.3) is 0 Å². The van der Waals surface area contributed by atoms with Gasteiger partial charge >= 0.3 is 0 Å². The maximum atomic E-state index is 13.8. The Labute approximate surface area is 215 Å². The molecule has 2 aliphatic heterocycles. The van der Waals surface area contributed by atoms with Crippen LogP contribution in [-0.4, -0.2) is 34.1 Å². The van der Waals surface area contributed by atoms with Crippen molar-refractivity contribution in [1.82, 2.24) is 26.0 Å². The molecule has 0 bridgehead atoms. The van der Waals surface area contributed by atoms with Crippen molar-refractivity contribution < 1.29 is 5.76 Å². The van der Waals surface area contributed by atoms with Crippen molar-refractivity contribution in [3.63, 3.8) is 0 Å². The number of nitrogens with zero attached hydrogens (tertiary/aromatic N) is 4. The highest BCUT2D eigenvalue weighted by molar-refractivity contribution is 6.35. The standard InChI is InChI=1S/C26H26ClFN8/c27-22-12-19(11-21-24(33-35-9-1-2-10-35)17(13-29)14-30-26(21)22)31-25(16-3-5-18(28)6-4-16)23-15-36(34-32-23)20-7-8-20/h3-6,11-12,14-15,20,25,31-32,34H,1-2,7-10H2,(H,30,33)/t25-/m1/s1/i25D. The van der Waals surface area contributed by atoms with Crippen LogP contribution in [0.5, 0.6) is 0 Å². The van der Waals surface area contributed by atoms with Gasteiger partial charge in [0.15, 0.2) is 0 Å². The van der Waals surface area contributed by atoms with Crippen LogP contribution >= 0.6 is 11.6 Å². The molecule has 36 heavy (non-hydrogen) atoms. The lowest BCUT2D eigenvalue weighted by molar-refractivity contribution is 0.260. The summed E-state index contributed by atoms with van der Waals surface area (Å²) in [5.74, 6) is -0.376. The highest BCUT2D eigenvalue weighted by Crippen LogP contribution is 2.37. The van der Waals surface area contributed by atoms with E-state index in [1.165, 1.54) is 18.3 Å². The Morgan fingerprint density at radius 1 is 1.22 bits per heavy atom. The Morgan fingerprint density at radius 2 is 2.00 bits per heavy atom. The molecule has 1 saturated heterocycles. The van der Waals surface area contributed by atoms with E-state index in [0.29, 0.717) is 50.2 Å². The minimum absolute atomic E-state index is 0.376. The van der Waals surface area contributed by atoms with Crippen molar-refractivity contribution in [3.8, 4) is 6.07 Å². The predicted molar refractivity (Wildman–Crippen MR) is 138 cm³/mol. The van der Waals surface area contributed by atoms with Crippen LogP contribution < -0.4 is 21.7 Å². The van der Waals surface area contributed by atoms with Crippen LogP contribution in [0.1, 0.15) is 44.2 Å². The Morgan fingerprint density at radius 3 is 2.72 bits per heavy atom. The van der Waals surface area contributed by atoms with Crippen LogP contribution in [0.3, 0.4) is 0 Å². The summed E-state index contributed by atoms with van der Waals surface area (Å²) < 4.78 is 23.3.